The number of halogens is 1. The van der Waals surface area contributed by atoms with E-state index in [9.17, 15) is 14.3 Å². The number of carbonyl (C=O) groups is 1. The molecule has 86 valence electrons. The summed E-state index contributed by atoms with van der Waals surface area (Å²) in [7, 11) is 0. The molecule has 0 bridgehead atoms. The van der Waals surface area contributed by atoms with Crippen molar-refractivity contribution in [3.05, 3.63) is 35.1 Å². The molecule has 16 heavy (non-hydrogen) atoms. The highest BCUT2D eigenvalue weighted by molar-refractivity contribution is 5.87. The molecule has 0 radical (unpaired) electrons. The highest BCUT2D eigenvalue weighted by Gasteiger charge is 2.68. The number of carboxylic acids is 1. The van der Waals surface area contributed by atoms with Crippen LogP contribution in [0.25, 0.3) is 0 Å². The summed E-state index contributed by atoms with van der Waals surface area (Å²) in [6.07, 6.45) is 0.495. The average Bonchev–Trinajstić information content (AvgIpc) is 2.70. The molecule has 2 nitrogen and oxygen atoms in total. The lowest BCUT2D eigenvalue weighted by atomic mass is 9.87. The van der Waals surface area contributed by atoms with Gasteiger partial charge in [-0.05, 0) is 30.4 Å². The van der Waals surface area contributed by atoms with Crippen LogP contribution in [0.15, 0.2) is 18.2 Å². The van der Waals surface area contributed by atoms with E-state index in [1.165, 1.54) is 6.07 Å². The molecule has 0 aliphatic heterocycles. The summed E-state index contributed by atoms with van der Waals surface area (Å²) in [5.41, 5.74) is -0.282. The van der Waals surface area contributed by atoms with Gasteiger partial charge in [0.25, 0.3) is 0 Å². The van der Waals surface area contributed by atoms with Crippen LogP contribution in [0.2, 0.25) is 0 Å². The minimum atomic E-state index is -1.04. The third-order valence-corrected chi connectivity index (χ3v) is 3.69. The number of benzene rings is 1. The smallest absolute Gasteiger partial charge is 0.314 e. The molecule has 0 amide bonds. The molecule has 1 fully saturated rings. The second kappa shape index (κ2) is 3.06. The molecule has 1 aromatic rings. The van der Waals surface area contributed by atoms with Gasteiger partial charge in [0, 0.05) is 5.56 Å². The Labute approximate surface area is 94.1 Å². The van der Waals surface area contributed by atoms with Crippen molar-refractivity contribution >= 4 is 5.97 Å². The molecule has 1 unspecified atom stereocenters. The zero-order chi connectivity index (χ0) is 12.1. The fourth-order valence-electron chi connectivity index (χ4n) is 2.53. The van der Waals surface area contributed by atoms with E-state index in [-0.39, 0.29) is 5.41 Å². The quantitative estimate of drug-likeness (QED) is 0.835. The number of aryl methyl sites for hydroxylation is 1. The predicted molar refractivity (Wildman–Crippen MR) is 58.8 cm³/mol. The van der Waals surface area contributed by atoms with Gasteiger partial charge in [0.2, 0.25) is 0 Å². The third-order valence-electron chi connectivity index (χ3n) is 3.69. The van der Waals surface area contributed by atoms with Crippen molar-refractivity contribution in [2.45, 2.75) is 32.6 Å². The van der Waals surface area contributed by atoms with Gasteiger partial charge in [0.1, 0.15) is 11.2 Å². The van der Waals surface area contributed by atoms with Crippen LogP contribution in [-0.4, -0.2) is 11.1 Å². The number of carboxylic acid groups (broad SMARTS) is 1. The lowest BCUT2D eigenvalue weighted by molar-refractivity contribution is -0.141. The lowest BCUT2D eigenvalue weighted by Crippen LogP contribution is -2.26. The van der Waals surface area contributed by atoms with Crippen molar-refractivity contribution in [2.75, 3.05) is 0 Å². The van der Waals surface area contributed by atoms with Gasteiger partial charge in [-0.3, -0.25) is 4.79 Å². The molecule has 0 heterocycles. The Kier molecular flexibility index (Phi) is 2.13. The molecule has 0 spiro atoms. The van der Waals surface area contributed by atoms with Gasteiger partial charge in [-0.25, -0.2) is 4.39 Å². The Balaban J connectivity index is 2.56. The highest BCUT2D eigenvalue weighted by Crippen LogP contribution is 2.64. The van der Waals surface area contributed by atoms with Crippen molar-refractivity contribution in [3.63, 3.8) is 0 Å². The van der Waals surface area contributed by atoms with E-state index in [1.807, 2.05) is 13.8 Å². The summed E-state index contributed by atoms with van der Waals surface area (Å²) >= 11 is 0. The SMILES string of the molecule is Cc1ccc(C2(C(=O)O)CC2(C)C)c(F)c1. The number of aliphatic carboxylic acids is 1. The monoisotopic (exact) mass is 222 g/mol. The zero-order valence-electron chi connectivity index (χ0n) is 9.67. The maximum absolute atomic E-state index is 13.8. The van der Waals surface area contributed by atoms with Gasteiger partial charge in [-0.1, -0.05) is 26.0 Å². The molecule has 1 aromatic carbocycles. The van der Waals surface area contributed by atoms with Crippen molar-refractivity contribution in [1.82, 2.24) is 0 Å². The second-order valence-electron chi connectivity index (χ2n) is 5.25. The largest absolute Gasteiger partial charge is 0.481 e. The molecular weight excluding hydrogens is 207 g/mol. The van der Waals surface area contributed by atoms with Crippen LogP contribution in [-0.2, 0) is 10.2 Å². The van der Waals surface area contributed by atoms with Crippen molar-refractivity contribution in [3.8, 4) is 0 Å². The van der Waals surface area contributed by atoms with E-state index in [2.05, 4.69) is 0 Å². The molecule has 2 rings (SSSR count). The van der Waals surface area contributed by atoms with E-state index in [0.717, 1.165) is 5.56 Å². The first-order valence-electron chi connectivity index (χ1n) is 5.31. The highest BCUT2D eigenvalue weighted by atomic mass is 19.1. The Morgan fingerprint density at radius 3 is 2.38 bits per heavy atom. The number of hydrogen-bond donors (Lipinski definition) is 1. The molecular formula is C13H15FO2. The van der Waals surface area contributed by atoms with Gasteiger partial charge in [0.15, 0.2) is 0 Å². The Morgan fingerprint density at radius 1 is 1.44 bits per heavy atom. The summed E-state index contributed by atoms with van der Waals surface area (Å²) in [6, 6.07) is 4.76. The molecule has 1 atom stereocenters. The van der Waals surface area contributed by atoms with E-state index in [4.69, 9.17) is 0 Å². The summed E-state index contributed by atoms with van der Waals surface area (Å²) in [4.78, 5) is 11.4. The van der Waals surface area contributed by atoms with Crippen molar-refractivity contribution < 1.29 is 14.3 Å². The topological polar surface area (TPSA) is 37.3 Å². The normalized spacial score (nSPS) is 26.5. The summed E-state index contributed by atoms with van der Waals surface area (Å²) < 4.78 is 13.8. The maximum atomic E-state index is 13.8. The summed E-state index contributed by atoms with van der Waals surface area (Å²) in [6.45, 7) is 5.51. The Hall–Kier alpha value is -1.38. The predicted octanol–water partition coefficient (Wildman–Crippen LogP) is 2.89. The van der Waals surface area contributed by atoms with Crippen LogP contribution >= 0.6 is 0 Å². The summed E-state index contributed by atoms with van der Waals surface area (Å²) in [5.74, 6) is -1.34. The van der Waals surface area contributed by atoms with Gasteiger partial charge in [-0.2, -0.15) is 0 Å². The molecule has 0 saturated heterocycles. The lowest BCUT2D eigenvalue weighted by Gasteiger charge is -2.17. The molecule has 1 aliphatic rings. The molecule has 0 aromatic heterocycles. The third kappa shape index (κ3) is 1.27. The number of rotatable bonds is 2. The van der Waals surface area contributed by atoms with Crippen LogP contribution in [0, 0.1) is 18.2 Å². The van der Waals surface area contributed by atoms with Crippen LogP contribution in [0.4, 0.5) is 4.39 Å². The minimum absolute atomic E-state index is 0.315. The minimum Gasteiger partial charge on any atom is -0.481 e. The van der Waals surface area contributed by atoms with E-state index >= 15 is 0 Å². The maximum Gasteiger partial charge on any atom is 0.314 e. The second-order valence-corrected chi connectivity index (χ2v) is 5.25. The fourth-order valence-corrected chi connectivity index (χ4v) is 2.53. The van der Waals surface area contributed by atoms with Gasteiger partial charge >= 0.3 is 5.97 Å². The van der Waals surface area contributed by atoms with E-state index < -0.39 is 17.2 Å². The molecule has 1 saturated carbocycles. The standard InChI is InChI=1S/C13H15FO2/c1-8-4-5-9(10(14)6-8)13(11(15)16)7-12(13,2)3/h4-6H,7H2,1-3H3,(H,15,16). The van der Waals surface area contributed by atoms with Crippen molar-refractivity contribution in [1.29, 1.82) is 0 Å². The van der Waals surface area contributed by atoms with Gasteiger partial charge in [0.05, 0.1) is 0 Å². The molecule has 1 aliphatic carbocycles. The van der Waals surface area contributed by atoms with Gasteiger partial charge < -0.3 is 5.11 Å². The van der Waals surface area contributed by atoms with E-state index in [1.54, 1.807) is 19.1 Å². The Morgan fingerprint density at radius 2 is 2.00 bits per heavy atom. The van der Waals surface area contributed by atoms with Crippen LogP contribution in [0.3, 0.4) is 0 Å². The van der Waals surface area contributed by atoms with Gasteiger partial charge in [-0.15, -0.1) is 0 Å². The zero-order valence-corrected chi connectivity index (χ0v) is 9.67. The summed E-state index contributed by atoms with van der Waals surface area (Å²) in [5, 5.41) is 9.32. The van der Waals surface area contributed by atoms with Crippen molar-refractivity contribution in [2.24, 2.45) is 5.41 Å². The molecule has 1 N–H and O–H groups in total. The van der Waals surface area contributed by atoms with Crippen LogP contribution < -0.4 is 0 Å². The van der Waals surface area contributed by atoms with Crippen LogP contribution in [0.5, 0.6) is 0 Å². The first-order chi connectivity index (χ1) is 7.31. The first kappa shape index (κ1) is 11.1. The fraction of sp³-hybridized carbons (Fsp3) is 0.462. The average molecular weight is 222 g/mol. The van der Waals surface area contributed by atoms with Crippen LogP contribution in [0.1, 0.15) is 31.4 Å². The number of hydrogen-bond acceptors (Lipinski definition) is 1. The Bertz CT molecular complexity index is 465. The first-order valence-corrected chi connectivity index (χ1v) is 5.31. The molecule has 3 heteroatoms. The van der Waals surface area contributed by atoms with E-state index in [0.29, 0.717) is 12.0 Å².